The van der Waals surface area contributed by atoms with E-state index in [0.717, 1.165) is 13.2 Å². The number of hydrogen-bond donors (Lipinski definition) is 0. The molecule has 0 aliphatic carbocycles. The fraction of sp³-hybridized carbons (Fsp3) is 1.00. The van der Waals surface area contributed by atoms with Gasteiger partial charge in [-0.05, 0) is 59.4 Å². The Labute approximate surface area is 139 Å². The molecule has 0 N–H and O–H groups in total. The van der Waals surface area contributed by atoms with Crippen molar-refractivity contribution in [3.8, 4) is 0 Å². The lowest BCUT2D eigenvalue weighted by Crippen LogP contribution is -2.57. The zero-order chi connectivity index (χ0) is 17.0. The second kappa shape index (κ2) is 8.12. The average Bonchev–Trinajstić information content (AvgIpc) is 2.29. The Morgan fingerprint density at radius 2 is 1.45 bits per heavy atom. The number of nitrogens with zero attached hydrogens (tertiary/aromatic N) is 2. The lowest BCUT2D eigenvalue weighted by atomic mass is 9.90. The first-order chi connectivity index (χ1) is 9.98. The van der Waals surface area contributed by atoms with Crippen LogP contribution >= 0.6 is 0 Å². The molecule has 3 heteroatoms. The summed E-state index contributed by atoms with van der Waals surface area (Å²) in [7, 11) is 0. The van der Waals surface area contributed by atoms with E-state index in [-0.39, 0.29) is 5.60 Å². The van der Waals surface area contributed by atoms with Gasteiger partial charge in [0.1, 0.15) is 0 Å². The van der Waals surface area contributed by atoms with Gasteiger partial charge in [-0.1, -0.05) is 20.8 Å². The summed E-state index contributed by atoms with van der Waals surface area (Å²) in [5.74, 6) is 0. The SMILES string of the molecule is CC1CN(CCOC(C)(C)C)CC(C)N1CCCC(C)(C)C. The molecule has 22 heavy (non-hydrogen) atoms. The molecular weight excluding hydrogens is 272 g/mol. The van der Waals surface area contributed by atoms with E-state index in [1.54, 1.807) is 0 Å². The molecule has 1 aliphatic rings. The average molecular weight is 313 g/mol. The van der Waals surface area contributed by atoms with Crippen LogP contribution in [0.15, 0.2) is 0 Å². The molecule has 0 spiro atoms. The molecule has 1 aliphatic heterocycles. The van der Waals surface area contributed by atoms with Crippen LogP contribution in [0.3, 0.4) is 0 Å². The van der Waals surface area contributed by atoms with E-state index < -0.39 is 0 Å². The summed E-state index contributed by atoms with van der Waals surface area (Å²) in [5, 5.41) is 0. The highest BCUT2D eigenvalue weighted by Gasteiger charge is 2.29. The molecule has 0 bridgehead atoms. The first-order valence-electron chi connectivity index (χ1n) is 9.10. The standard InChI is InChI=1S/C19H40N2O/c1-16-14-20(12-13-22-19(6,7)8)15-17(2)21(16)11-9-10-18(3,4)5/h16-17H,9-15H2,1-8H3. The van der Waals surface area contributed by atoms with Crippen molar-refractivity contribution >= 4 is 0 Å². The van der Waals surface area contributed by atoms with Crippen LogP contribution in [0, 0.1) is 5.41 Å². The third kappa shape index (κ3) is 7.94. The maximum absolute atomic E-state index is 5.88. The van der Waals surface area contributed by atoms with Crippen LogP contribution in [0.2, 0.25) is 0 Å². The van der Waals surface area contributed by atoms with Gasteiger partial charge in [0.2, 0.25) is 0 Å². The fourth-order valence-electron chi connectivity index (χ4n) is 3.36. The summed E-state index contributed by atoms with van der Waals surface area (Å²) >= 11 is 0. The van der Waals surface area contributed by atoms with Gasteiger partial charge >= 0.3 is 0 Å². The van der Waals surface area contributed by atoms with Gasteiger partial charge in [-0.3, -0.25) is 9.80 Å². The molecule has 0 aromatic carbocycles. The van der Waals surface area contributed by atoms with Gasteiger partial charge in [-0.15, -0.1) is 0 Å². The monoisotopic (exact) mass is 312 g/mol. The second-order valence-corrected chi connectivity index (χ2v) is 9.32. The van der Waals surface area contributed by atoms with E-state index in [0.29, 0.717) is 17.5 Å². The van der Waals surface area contributed by atoms with Crippen LogP contribution in [-0.2, 0) is 4.74 Å². The molecule has 0 radical (unpaired) electrons. The highest BCUT2D eigenvalue weighted by atomic mass is 16.5. The summed E-state index contributed by atoms with van der Waals surface area (Å²) in [6.07, 6.45) is 2.62. The number of rotatable bonds is 6. The lowest BCUT2D eigenvalue weighted by molar-refractivity contribution is -0.0295. The Balaban J connectivity index is 2.34. The highest BCUT2D eigenvalue weighted by Crippen LogP contribution is 2.23. The summed E-state index contributed by atoms with van der Waals surface area (Å²) in [6, 6.07) is 1.30. The second-order valence-electron chi connectivity index (χ2n) is 9.32. The van der Waals surface area contributed by atoms with Crippen LogP contribution in [-0.4, -0.2) is 60.3 Å². The van der Waals surface area contributed by atoms with Gasteiger partial charge in [0, 0.05) is 31.7 Å². The summed E-state index contributed by atoms with van der Waals surface area (Å²) in [6.45, 7) is 23.7. The molecule has 3 nitrogen and oxygen atoms in total. The molecule has 0 amide bonds. The minimum atomic E-state index is -0.0218. The van der Waals surface area contributed by atoms with Crippen molar-refractivity contribution in [1.29, 1.82) is 0 Å². The minimum absolute atomic E-state index is 0.0218. The van der Waals surface area contributed by atoms with Crippen molar-refractivity contribution in [1.82, 2.24) is 9.80 Å². The van der Waals surface area contributed by atoms with Crippen molar-refractivity contribution in [2.45, 2.75) is 85.9 Å². The molecule has 1 rings (SSSR count). The molecule has 0 saturated carbocycles. The molecule has 0 aromatic heterocycles. The summed E-state index contributed by atoms with van der Waals surface area (Å²) in [5.41, 5.74) is 0.435. The van der Waals surface area contributed by atoms with Gasteiger partial charge < -0.3 is 4.74 Å². The van der Waals surface area contributed by atoms with Gasteiger partial charge in [0.05, 0.1) is 12.2 Å². The smallest absolute Gasteiger partial charge is 0.0600 e. The van der Waals surface area contributed by atoms with Gasteiger partial charge in [-0.25, -0.2) is 0 Å². The Bertz CT molecular complexity index is 304. The van der Waals surface area contributed by atoms with Gasteiger partial charge in [0.15, 0.2) is 0 Å². The van der Waals surface area contributed by atoms with E-state index in [1.165, 1.54) is 32.5 Å². The topological polar surface area (TPSA) is 15.7 Å². The van der Waals surface area contributed by atoms with E-state index in [2.05, 4.69) is 65.2 Å². The maximum atomic E-state index is 5.88. The molecule has 2 atom stereocenters. The zero-order valence-electron chi connectivity index (χ0n) is 16.4. The van der Waals surface area contributed by atoms with Crippen LogP contribution in [0.4, 0.5) is 0 Å². The third-order valence-electron chi connectivity index (χ3n) is 4.46. The normalized spacial score (nSPS) is 25.6. The Morgan fingerprint density at radius 1 is 0.909 bits per heavy atom. The first-order valence-corrected chi connectivity index (χ1v) is 9.10. The number of ether oxygens (including phenoxy) is 1. The molecule has 0 aromatic rings. The molecular formula is C19H40N2O. The Hall–Kier alpha value is -0.120. The van der Waals surface area contributed by atoms with Crippen molar-refractivity contribution in [3.63, 3.8) is 0 Å². The van der Waals surface area contributed by atoms with Crippen LogP contribution in [0.25, 0.3) is 0 Å². The first kappa shape index (κ1) is 19.9. The number of piperazine rings is 1. The Kier molecular flexibility index (Phi) is 7.35. The van der Waals surface area contributed by atoms with Crippen LogP contribution < -0.4 is 0 Å². The largest absolute Gasteiger partial charge is 0.375 e. The fourth-order valence-corrected chi connectivity index (χ4v) is 3.36. The van der Waals surface area contributed by atoms with Crippen LogP contribution in [0.1, 0.15) is 68.2 Å². The summed E-state index contributed by atoms with van der Waals surface area (Å²) in [4.78, 5) is 5.27. The van der Waals surface area contributed by atoms with Crippen molar-refractivity contribution in [3.05, 3.63) is 0 Å². The van der Waals surface area contributed by atoms with E-state index in [1.807, 2.05) is 0 Å². The molecule has 1 heterocycles. The van der Waals surface area contributed by atoms with Crippen molar-refractivity contribution in [2.75, 3.05) is 32.8 Å². The van der Waals surface area contributed by atoms with Crippen molar-refractivity contribution < 1.29 is 4.74 Å². The quantitative estimate of drug-likeness (QED) is 0.736. The molecule has 1 fully saturated rings. The highest BCUT2D eigenvalue weighted by molar-refractivity contribution is 4.85. The van der Waals surface area contributed by atoms with E-state index >= 15 is 0 Å². The van der Waals surface area contributed by atoms with E-state index in [9.17, 15) is 0 Å². The van der Waals surface area contributed by atoms with Crippen LogP contribution in [0.5, 0.6) is 0 Å². The van der Waals surface area contributed by atoms with E-state index in [4.69, 9.17) is 4.74 Å². The third-order valence-corrected chi connectivity index (χ3v) is 4.46. The predicted molar refractivity (Wildman–Crippen MR) is 96.5 cm³/mol. The molecule has 1 saturated heterocycles. The molecule has 2 unspecified atom stereocenters. The molecule has 132 valence electrons. The van der Waals surface area contributed by atoms with Crippen molar-refractivity contribution in [2.24, 2.45) is 5.41 Å². The number of hydrogen-bond acceptors (Lipinski definition) is 3. The predicted octanol–water partition coefficient (Wildman–Crippen LogP) is 4.02. The Morgan fingerprint density at radius 3 is 1.91 bits per heavy atom. The minimum Gasteiger partial charge on any atom is -0.375 e. The summed E-state index contributed by atoms with van der Waals surface area (Å²) < 4.78 is 5.88. The zero-order valence-corrected chi connectivity index (χ0v) is 16.4. The maximum Gasteiger partial charge on any atom is 0.0600 e. The van der Waals surface area contributed by atoms with Gasteiger partial charge in [0.25, 0.3) is 0 Å². The van der Waals surface area contributed by atoms with Gasteiger partial charge in [-0.2, -0.15) is 0 Å². The lowest BCUT2D eigenvalue weighted by Gasteiger charge is -2.45.